The highest BCUT2D eigenvalue weighted by molar-refractivity contribution is 5.86. The molecule has 0 amide bonds. The molecule has 0 atom stereocenters. The van der Waals surface area contributed by atoms with Crippen LogP contribution >= 0.6 is 0 Å². The first-order chi connectivity index (χ1) is 7.31. The minimum atomic E-state index is 0.141. The average molecular weight is 208 g/mol. The zero-order valence-electron chi connectivity index (χ0n) is 8.06. The Labute approximate surface area is 85.7 Å². The van der Waals surface area contributed by atoms with Gasteiger partial charge in [-0.1, -0.05) is 0 Å². The lowest BCUT2D eigenvalue weighted by Crippen LogP contribution is -2.07. The minimum absolute atomic E-state index is 0.141. The number of hydrogen-bond donors (Lipinski definition) is 4. The predicted octanol–water partition coefficient (Wildman–Crippen LogP) is -0.271. The number of anilines is 2. The van der Waals surface area contributed by atoms with E-state index in [2.05, 4.69) is 25.5 Å². The van der Waals surface area contributed by atoms with Crippen LogP contribution in [0.4, 0.5) is 11.8 Å². The highest BCUT2D eigenvalue weighted by Crippen LogP contribution is 2.18. The van der Waals surface area contributed by atoms with Crippen molar-refractivity contribution < 1.29 is 5.11 Å². The number of aromatic nitrogens is 4. The van der Waals surface area contributed by atoms with Gasteiger partial charge in [-0.05, 0) is 6.42 Å². The average Bonchev–Trinajstić information content (AvgIpc) is 2.65. The SMILES string of the molecule is Nc1nc(NCCCO)c2cn[nH]c2n1. The van der Waals surface area contributed by atoms with Gasteiger partial charge >= 0.3 is 0 Å². The zero-order valence-corrected chi connectivity index (χ0v) is 8.06. The van der Waals surface area contributed by atoms with Crippen molar-refractivity contribution in [1.82, 2.24) is 20.2 Å². The van der Waals surface area contributed by atoms with Crippen LogP contribution in [0.3, 0.4) is 0 Å². The second-order valence-corrected chi connectivity index (χ2v) is 3.07. The Kier molecular flexibility index (Phi) is 2.64. The molecule has 0 aliphatic heterocycles. The normalized spacial score (nSPS) is 10.7. The Balaban J connectivity index is 2.27. The number of H-pyrrole nitrogens is 1. The van der Waals surface area contributed by atoms with E-state index in [1.807, 2.05) is 0 Å². The van der Waals surface area contributed by atoms with Gasteiger partial charge in [-0.3, -0.25) is 5.10 Å². The Morgan fingerprint density at radius 1 is 1.47 bits per heavy atom. The number of nitrogen functional groups attached to an aromatic ring is 1. The van der Waals surface area contributed by atoms with E-state index in [0.717, 1.165) is 5.39 Å². The van der Waals surface area contributed by atoms with Gasteiger partial charge in [-0.15, -0.1) is 0 Å². The molecular weight excluding hydrogens is 196 g/mol. The number of aliphatic hydroxyl groups is 1. The largest absolute Gasteiger partial charge is 0.396 e. The van der Waals surface area contributed by atoms with Crippen LogP contribution in [0.25, 0.3) is 11.0 Å². The summed E-state index contributed by atoms with van der Waals surface area (Å²) in [6, 6.07) is 0. The summed E-state index contributed by atoms with van der Waals surface area (Å²) in [6.45, 7) is 0.773. The molecule has 80 valence electrons. The lowest BCUT2D eigenvalue weighted by Gasteiger charge is -2.05. The number of hydrogen-bond acceptors (Lipinski definition) is 6. The highest BCUT2D eigenvalue weighted by atomic mass is 16.3. The molecule has 0 saturated heterocycles. The molecule has 5 N–H and O–H groups in total. The van der Waals surface area contributed by atoms with E-state index < -0.39 is 0 Å². The van der Waals surface area contributed by atoms with E-state index in [1.165, 1.54) is 0 Å². The number of fused-ring (bicyclic) bond motifs is 1. The van der Waals surface area contributed by atoms with Gasteiger partial charge in [0.2, 0.25) is 5.95 Å². The summed E-state index contributed by atoms with van der Waals surface area (Å²) in [4.78, 5) is 8.04. The van der Waals surface area contributed by atoms with Crippen LogP contribution in [0.1, 0.15) is 6.42 Å². The summed E-state index contributed by atoms with van der Waals surface area (Å²) in [5, 5.41) is 19.1. The summed E-state index contributed by atoms with van der Waals surface area (Å²) >= 11 is 0. The first-order valence-corrected chi connectivity index (χ1v) is 4.62. The van der Waals surface area contributed by atoms with Gasteiger partial charge in [0.1, 0.15) is 5.82 Å². The van der Waals surface area contributed by atoms with Crippen molar-refractivity contribution >= 4 is 22.8 Å². The van der Waals surface area contributed by atoms with Gasteiger partial charge in [-0.2, -0.15) is 15.1 Å². The van der Waals surface area contributed by atoms with Crippen LogP contribution in [-0.2, 0) is 0 Å². The molecule has 0 aliphatic rings. The fraction of sp³-hybridized carbons (Fsp3) is 0.375. The second-order valence-electron chi connectivity index (χ2n) is 3.07. The van der Waals surface area contributed by atoms with Gasteiger partial charge in [0.25, 0.3) is 0 Å². The van der Waals surface area contributed by atoms with Gasteiger partial charge in [0, 0.05) is 13.2 Å². The van der Waals surface area contributed by atoms with Crippen molar-refractivity contribution in [3.8, 4) is 0 Å². The number of rotatable bonds is 4. The standard InChI is InChI=1S/C8H12N6O/c9-8-12-6(10-2-1-3-15)5-4-11-14-7(5)13-8/h4,15H,1-3H2,(H4,9,10,11,12,13,14). The molecule has 7 heteroatoms. The lowest BCUT2D eigenvalue weighted by molar-refractivity contribution is 0.292. The molecule has 0 unspecified atom stereocenters. The first-order valence-electron chi connectivity index (χ1n) is 4.62. The van der Waals surface area contributed by atoms with Crippen LogP contribution < -0.4 is 11.1 Å². The lowest BCUT2D eigenvalue weighted by atomic mass is 10.3. The third-order valence-electron chi connectivity index (χ3n) is 1.95. The van der Waals surface area contributed by atoms with Crippen LogP contribution in [0, 0.1) is 0 Å². The summed E-state index contributed by atoms with van der Waals surface area (Å²) in [7, 11) is 0. The van der Waals surface area contributed by atoms with E-state index in [-0.39, 0.29) is 12.6 Å². The molecule has 0 saturated carbocycles. The van der Waals surface area contributed by atoms with E-state index >= 15 is 0 Å². The molecule has 2 aromatic heterocycles. The molecule has 0 radical (unpaired) electrons. The molecule has 0 spiro atoms. The fourth-order valence-corrected chi connectivity index (χ4v) is 1.27. The third-order valence-corrected chi connectivity index (χ3v) is 1.95. The highest BCUT2D eigenvalue weighted by Gasteiger charge is 2.06. The molecule has 2 rings (SSSR count). The molecule has 0 aliphatic carbocycles. The second kappa shape index (κ2) is 4.09. The number of aromatic amines is 1. The summed E-state index contributed by atoms with van der Waals surface area (Å²) < 4.78 is 0. The minimum Gasteiger partial charge on any atom is -0.396 e. The monoisotopic (exact) mass is 208 g/mol. The maximum atomic E-state index is 8.66. The van der Waals surface area contributed by atoms with E-state index in [4.69, 9.17) is 10.8 Å². The molecule has 0 bridgehead atoms. The predicted molar refractivity (Wildman–Crippen MR) is 56.3 cm³/mol. The zero-order chi connectivity index (χ0) is 10.7. The smallest absolute Gasteiger partial charge is 0.224 e. The third kappa shape index (κ3) is 1.96. The Morgan fingerprint density at radius 3 is 3.13 bits per heavy atom. The van der Waals surface area contributed by atoms with Crippen molar-refractivity contribution in [2.24, 2.45) is 0 Å². The Morgan fingerprint density at radius 2 is 2.33 bits per heavy atom. The Bertz CT molecular complexity index is 453. The van der Waals surface area contributed by atoms with Crippen molar-refractivity contribution in [3.63, 3.8) is 0 Å². The molecule has 0 aromatic carbocycles. The number of aliphatic hydroxyl groups excluding tert-OH is 1. The van der Waals surface area contributed by atoms with Gasteiger partial charge in [0.15, 0.2) is 5.65 Å². The van der Waals surface area contributed by atoms with Crippen molar-refractivity contribution in [3.05, 3.63) is 6.20 Å². The molecular formula is C8H12N6O. The maximum absolute atomic E-state index is 8.66. The fourth-order valence-electron chi connectivity index (χ4n) is 1.27. The van der Waals surface area contributed by atoms with E-state index in [1.54, 1.807) is 6.20 Å². The Hall–Kier alpha value is -1.89. The first kappa shape index (κ1) is 9.66. The van der Waals surface area contributed by atoms with Gasteiger partial charge in [-0.25, -0.2) is 0 Å². The van der Waals surface area contributed by atoms with Crippen LogP contribution in [0.2, 0.25) is 0 Å². The summed E-state index contributed by atoms with van der Waals surface area (Å²) in [5.41, 5.74) is 6.13. The van der Waals surface area contributed by atoms with Crippen LogP contribution in [0.5, 0.6) is 0 Å². The quantitative estimate of drug-likeness (QED) is 0.514. The van der Waals surface area contributed by atoms with Crippen LogP contribution in [-0.4, -0.2) is 38.4 Å². The van der Waals surface area contributed by atoms with Crippen LogP contribution in [0.15, 0.2) is 6.20 Å². The van der Waals surface area contributed by atoms with Gasteiger partial charge in [0.05, 0.1) is 11.6 Å². The molecule has 7 nitrogen and oxygen atoms in total. The van der Waals surface area contributed by atoms with Crippen molar-refractivity contribution in [2.75, 3.05) is 24.2 Å². The number of nitrogens with one attached hydrogen (secondary N) is 2. The van der Waals surface area contributed by atoms with E-state index in [9.17, 15) is 0 Å². The number of nitrogens with two attached hydrogens (primary N) is 1. The molecule has 2 heterocycles. The van der Waals surface area contributed by atoms with Crippen molar-refractivity contribution in [2.45, 2.75) is 6.42 Å². The molecule has 2 aromatic rings. The molecule has 0 fully saturated rings. The van der Waals surface area contributed by atoms with Crippen molar-refractivity contribution in [1.29, 1.82) is 0 Å². The summed E-state index contributed by atoms with van der Waals surface area (Å²) in [6.07, 6.45) is 2.29. The molecule has 15 heavy (non-hydrogen) atoms. The van der Waals surface area contributed by atoms with Gasteiger partial charge < -0.3 is 16.2 Å². The number of nitrogens with zero attached hydrogens (tertiary/aromatic N) is 3. The topological polar surface area (TPSA) is 113 Å². The summed E-state index contributed by atoms with van der Waals surface area (Å²) in [5.74, 6) is 0.831. The van der Waals surface area contributed by atoms with E-state index in [0.29, 0.717) is 24.4 Å². The maximum Gasteiger partial charge on any atom is 0.224 e.